The van der Waals surface area contributed by atoms with E-state index in [0.29, 0.717) is 16.9 Å². The molecule has 3 atom stereocenters. The number of halogens is 1. The summed E-state index contributed by atoms with van der Waals surface area (Å²) in [7, 11) is 0. The van der Waals surface area contributed by atoms with Crippen LogP contribution in [0.15, 0.2) is 12.3 Å². The van der Waals surface area contributed by atoms with E-state index in [-0.39, 0.29) is 12.7 Å². The maximum Gasteiger partial charge on any atom is 0.147 e. The molecule has 2 heterocycles. The lowest BCUT2D eigenvalue weighted by Gasteiger charge is -2.20. The van der Waals surface area contributed by atoms with Gasteiger partial charge in [-0.25, -0.2) is 4.98 Å². The Morgan fingerprint density at radius 3 is 2.89 bits per heavy atom. The molecular formula is C13H17ClN2O2. The number of nitrogens with zero attached hydrogens (tertiary/aromatic N) is 2. The Bertz CT molecular complexity index is 455. The maximum atomic E-state index is 9.90. The highest BCUT2D eigenvalue weighted by atomic mass is 35.5. The highest BCUT2D eigenvalue weighted by Crippen LogP contribution is 2.40. The highest BCUT2D eigenvalue weighted by molar-refractivity contribution is 6.33. The van der Waals surface area contributed by atoms with E-state index in [1.165, 1.54) is 0 Å². The summed E-state index contributed by atoms with van der Waals surface area (Å²) in [6.07, 6.45) is 3.50. The van der Waals surface area contributed by atoms with Crippen LogP contribution < -0.4 is 4.90 Å². The first-order valence-corrected chi connectivity index (χ1v) is 6.75. The molecule has 1 aliphatic carbocycles. The predicted octanol–water partition coefficient (Wildman–Crippen LogP) is 1.43. The molecule has 0 radical (unpaired) electrons. The second-order valence-corrected chi connectivity index (χ2v) is 5.69. The van der Waals surface area contributed by atoms with Crippen molar-refractivity contribution in [2.45, 2.75) is 25.6 Å². The Kier molecular flexibility index (Phi) is 3.18. The first-order valence-electron chi connectivity index (χ1n) is 6.37. The number of aliphatic hydroxyl groups is 2. The van der Waals surface area contributed by atoms with Crippen LogP contribution in [-0.4, -0.2) is 34.4 Å². The van der Waals surface area contributed by atoms with Gasteiger partial charge in [0.25, 0.3) is 0 Å². The predicted molar refractivity (Wildman–Crippen MR) is 69.6 cm³/mol. The van der Waals surface area contributed by atoms with Gasteiger partial charge in [-0.2, -0.15) is 0 Å². The molecule has 1 aromatic rings. The van der Waals surface area contributed by atoms with E-state index in [0.717, 1.165) is 37.3 Å². The zero-order valence-corrected chi connectivity index (χ0v) is 10.8. The minimum absolute atomic E-state index is 0.0447. The second-order valence-electron chi connectivity index (χ2n) is 5.28. The molecule has 1 saturated carbocycles. The van der Waals surface area contributed by atoms with Gasteiger partial charge in [0.2, 0.25) is 0 Å². The fourth-order valence-corrected chi connectivity index (χ4v) is 3.51. The van der Waals surface area contributed by atoms with Crippen LogP contribution in [0, 0.1) is 11.8 Å². The number of aromatic nitrogens is 1. The molecule has 4 nitrogen and oxygen atoms in total. The number of hydrogen-bond acceptors (Lipinski definition) is 4. The first kappa shape index (κ1) is 12.2. The molecule has 0 amide bonds. The summed E-state index contributed by atoms with van der Waals surface area (Å²) in [5, 5.41) is 19.5. The van der Waals surface area contributed by atoms with Crippen molar-refractivity contribution in [2.75, 3.05) is 18.0 Å². The van der Waals surface area contributed by atoms with Crippen molar-refractivity contribution in [2.24, 2.45) is 11.8 Å². The monoisotopic (exact) mass is 268 g/mol. The van der Waals surface area contributed by atoms with E-state index in [1.807, 2.05) is 0 Å². The summed E-state index contributed by atoms with van der Waals surface area (Å²) < 4.78 is 0. The van der Waals surface area contributed by atoms with E-state index in [2.05, 4.69) is 9.88 Å². The zero-order chi connectivity index (χ0) is 12.7. The summed E-state index contributed by atoms with van der Waals surface area (Å²) in [5.74, 6) is 1.70. The van der Waals surface area contributed by atoms with Gasteiger partial charge in [-0.15, -0.1) is 0 Å². The van der Waals surface area contributed by atoms with Gasteiger partial charge in [0.15, 0.2) is 0 Å². The van der Waals surface area contributed by atoms with Crippen LogP contribution >= 0.6 is 11.6 Å². The smallest absolute Gasteiger partial charge is 0.147 e. The largest absolute Gasteiger partial charge is 0.393 e. The fourth-order valence-electron chi connectivity index (χ4n) is 3.20. The van der Waals surface area contributed by atoms with Crippen LogP contribution in [0.2, 0.25) is 5.02 Å². The molecule has 1 aliphatic heterocycles. The molecule has 3 unspecified atom stereocenters. The van der Waals surface area contributed by atoms with E-state index < -0.39 is 0 Å². The van der Waals surface area contributed by atoms with Crippen LogP contribution in [-0.2, 0) is 6.61 Å². The fraction of sp³-hybridized carbons (Fsp3) is 0.615. The van der Waals surface area contributed by atoms with Gasteiger partial charge in [0, 0.05) is 25.2 Å². The van der Waals surface area contributed by atoms with Crippen LogP contribution in [0.3, 0.4) is 0 Å². The summed E-state index contributed by atoms with van der Waals surface area (Å²) in [6, 6.07) is 1.76. The molecule has 1 saturated heterocycles. The molecule has 3 rings (SSSR count). The van der Waals surface area contributed by atoms with Gasteiger partial charge < -0.3 is 15.1 Å². The third-order valence-electron chi connectivity index (χ3n) is 4.18. The lowest BCUT2D eigenvalue weighted by Crippen LogP contribution is -2.25. The van der Waals surface area contributed by atoms with Gasteiger partial charge in [0.1, 0.15) is 5.82 Å². The Hall–Kier alpha value is -0.840. The number of fused-ring (bicyclic) bond motifs is 1. The second kappa shape index (κ2) is 4.68. The Morgan fingerprint density at radius 1 is 1.39 bits per heavy atom. The molecule has 98 valence electrons. The van der Waals surface area contributed by atoms with Crippen molar-refractivity contribution in [1.29, 1.82) is 0 Å². The number of pyridine rings is 1. The highest BCUT2D eigenvalue weighted by Gasteiger charge is 2.42. The first-order chi connectivity index (χ1) is 8.69. The average Bonchev–Trinajstić information content (AvgIpc) is 2.92. The molecule has 0 bridgehead atoms. The van der Waals surface area contributed by atoms with Crippen molar-refractivity contribution in [3.05, 3.63) is 22.8 Å². The molecular weight excluding hydrogens is 252 g/mol. The van der Waals surface area contributed by atoms with Crippen molar-refractivity contribution in [1.82, 2.24) is 4.98 Å². The molecule has 0 spiro atoms. The van der Waals surface area contributed by atoms with Gasteiger partial charge in [-0.05, 0) is 30.4 Å². The molecule has 2 fully saturated rings. The Balaban J connectivity index is 1.80. The maximum absolute atomic E-state index is 9.90. The number of anilines is 1. The molecule has 5 heteroatoms. The molecule has 0 aromatic carbocycles. The summed E-state index contributed by atoms with van der Waals surface area (Å²) in [6.45, 7) is 1.71. The van der Waals surface area contributed by atoms with Gasteiger partial charge >= 0.3 is 0 Å². The van der Waals surface area contributed by atoms with Crippen LogP contribution in [0.4, 0.5) is 5.82 Å². The topological polar surface area (TPSA) is 56.6 Å². The Morgan fingerprint density at radius 2 is 2.22 bits per heavy atom. The lowest BCUT2D eigenvalue weighted by molar-refractivity contribution is 0.133. The third kappa shape index (κ3) is 1.98. The number of rotatable bonds is 2. The van der Waals surface area contributed by atoms with Crippen LogP contribution in [0.5, 0.6) is 0 Å². The summed E-state index contributed by atoms with van der Waals surface area (Å²) in [5.41, 5.74) is 0.725. The minimum atomic E-state index is -0.171. The quantitative estimate of drug-likeness (QED) is 0.852. The SMILES string of the molecule is OCc1cnc(N2CC3CCC(O)C3C2)c(Cl)c1. The van der Waals surface area contributed by atoms with Crippen LogP contribution in [0.25, 0.3) is 0 Å². The van der Waals surface area contributed by atoms with Crippen molar-refractivity contribution >= 4 is 17.4 Å². The van der Waals surface area contributed by atoms with Crippen molar-refractivity contribution < 1.29 is 10.2 Å². The number of hydrogen-bond donors (Lipinski definition) is 2. The van der Waals surface area contributed by atoms with E-state index in [1.54, 1.807) is 12.3 Å². The summed E-state index contributed by atoms with van der Waals surface area (Å²) in [4.78, 5) is 6.49. The van der Waals surface area contributed by atoms with Crippen molar-refractivity contribution in [3.63, 3.8) is 0 Å². The zero-order valence-electron chi connectivity index (χ0n) is 10.1. The normalized spacial score (nSPS) is 30.8. The number of aliphatic hydroxyl groups excluding tert-OH is 2. The molecule has 1 aromatic heterocycles. The third-order valence-corrected chi connectivity index (χ3v) is 4.46. The van der Waals surface area contributed by atoms with Gasteiger partial charge in [-0.3, -0.25) is 0 Å². The molecule has 18 heavy (non-hydrogen) atoms. The Labute approximate surface area is 111 Å². The summed E-state index contributed by atoms with van der Waals surface area (Å²) >= 11 is 6.20. The molecule has 2 aliphatic rings. The van der Waals surface area contributed by atoms with E-state index in [9.17, 15) is 5.11 Å². The van der Waals surface area contributed by atoms with E-state index in [4.69, 9.17) is 16.7 Å². The van der Waals surface area contributed by atoms with Gasteiger partial charge in [-0.1, -0.05) is 11.6 Å². The average molecular weight is 269 g/mol. The minimum Gasteiger partial charge on any atom is -0.393 e. The van der Waals surface area contributed by atoms with Crippen LogP contribution in [0.1, 0.15) is 18.4 Å². The standard InChI is InChI=1S/C13H17ClN2O2/c14-11-3-8(7-17)4-15-13(11)16-5-9-1-2-12(18)10(9)6-16/h3-4,9-10,12,17-18H,1-2,5-7H2. The molecule has 2 N–H and O–H groups in total. The lowest BCUT2D eigenvalue weighted by atomic mass is 10.00. The van der Waals surface area contributed by atoms with E-state index >= 15 is 0 Å². The van der Waals surface area contributed by atoms with Crippen molar-refractivity contribution in [3.8, 4) is 0 Å². The van der Waals surface area contributed by atoms with Gasteiger partial charge in [0.05, 0.1) is 17.7 Å².